The average Bonchev–Trinajstić information content (AvgIpc) is 2.39. The van der Waals surface area contributed by atoms with Crippen LogP contribution in [0.1, 0.15) is 20.8 Å². The summed E-state index contributed by atoms with van der Waals surface area (Å²) in [7, 11) is -1.89. The van der Waals surface area contributed by atoms with Crippen LogP contribution < -0.4 is 10.2 Å². The quantitative estimate of drug-likeness (QED) is 0.633. The molecule has 1 aromatic heterocycles. The van der Waals surface area contributed by atoms with Gasteiger partial charge in [-0.15, -0.1) is 0 Å². The fourth-order valence-electron chi connectivity index (χ4n) is 1.71. The fourth-order valence-corrected chi connectivity index (χ4v) is 3.93. The van der Waals surface area contributed by atoms with Crippen molar-refractivity contribution >= 4 is 19.1 Å². The number of nitrogens with one attached hydrogen (secondary N) is 2. The number of pyridine rings is 1. The van der Waals surface area contributed by atoms with E-state index in [2.05, 4.69) is 15.2 Å². The molecular weight excluding hydrogens is 293 g/mol. The summed E-state index contributed by atoms with van der Waals surface area (Å²) in [4.78, 5) is 15.4. The number of carboxylic acid groups (broad SMARTS) is 1. The molecule has 0 bridgehead atoms. The third-order valence-corrected chi connectivity index (χ3v) is 5.38. The van der Waals surface area contributed by atoms with Crippen molar-refractivity contribution in [1.82, 2.24) is 10.1 Å². The van der Waals surface area contributed by atoms with Crippen LogP contribution in [0.4, 0.5) is 5.69 Å². The summed E-state index contributed by atoms with van der Waals surface area (Å²) < 4.78 is 18.0. The summed E-state index contributed by atoms with van der Waals surface area (Å²) in [5.41, 5.74) is -0.761. The predicted molar refractivity (Wildman–Crippen MR) is 81.4 cm³/mol. The standard InChI is InChI=1S/C13H22N3O4P/c1-10(2)13(3,12(17)18)16-21(19,9-20-4)15-11-5-7-14-8-6-11/h5-8,10H,9H2,1-4H3,(H,17,18)(H2,14,15,16,19)/t13-,21?/m0/s1. The van der Waals surface area contributed by atoms with E-state index < -0.39 is 19.0 Å². The normalized spacial score (nSPS) is 17.0. The highest BCUT2D eigenvalue weighted by Gasteiger charge is 2.42. The molecule has 3 N–H and O–H groups in total. The topological polar surface area (TPSA) is 101 Å². The van der Waals surface area contributed by atoms with Crippen molar-refractivity contribution in [3.8, 4) is 0 Å². The molecule has 0 saturated heterocycles. The van der Waals surface area contributed by atoms with Gasteiger partial charge in [0.1, 0.15) is 11.9 Å². The second kappa shape index (κ2) is 7.02. The van der Waals surface area contributed by atoms with Crippen LogP contribution in [0.5, 0.6) is 0 Å². The van der Waals surface area contributed by atoms with Gasteiger partial charge in [-0.25, -0.2) is 5.09 Å². The summed E-state index contributed by atoms with van der Waals surface area (Å²) in [6, 6.07) is 3.30. The Balaban J connectivity index is 3.05. The molecule has 8 heteroatoms. The fraction of sp³-hybridized carbons (Fsp3) is 0.538. The Morgan fingerprint density at radius 2 is 2.05 bits per heavy atom. The SMILES string of the molecule is COCP(=O)(Nc1ccncc1)N[C@](C)(C(=O)O)C(C)C. The minimum absolute atomic E-state index is 0.134. The van der Waals surface area contributed by atoms with Crippen LogP contribution in [0, 0.1) is 5.92 Å². The molecule has 1 unspecified atom stereocenters. The minimum Gasteiger partial charge on any atom is -0.480 e. The molecule has 118 valence electrons. The molecule has 21 heavy (non-hydrogen) atoms. The Morgan fingerprint density at radius 3 is 2.48 bits per heavy atom. The van der Waals surface area contributed by atoms with E-state index in [-0.39, 0.29) is 12.3 Å². The van der Waals surface area contributed by atoms with Crippen LogP contribution >= 0.6 is 7.44 Å². The maximum absolute atomic E-state index is 13.0. The van der Waals surface area contributed by atoms with E-state index in [4.69, 9.17) is 4.74 Å². The molecule has 0 spiro atoms. The minimum atomic E-state index is -3.30. The van der Waals surface area contributed by atoms with Gasteiger partial charge in [-0.05, 0) is 25.0 Å². The first-order chi connectivity index (χ1) is 9.73. The Labute approximate surface area is 124 Å². The number of methoxy groups -OCH3 is 1. The van der Waals surface area contributed by atoms with E-state index >= 15 is 0 Å². The van der Waals surface area contributed by atoms with Gasteiger partial charge in [-0.3, -0.25) is 14.3 Å². The predicted octanol–water partition coefficient (Wildman–Crippen LogP) is 2.38. The summed E-state index contributed by atoms with van der Waals surface area (Å²) in [6.45, 7) is 5.02. The number of carbonyl (C=O) groups is 1. The Morgan fingerprint density at radius 1 is 1.48 bits per heavy atom. The molecule has 0 aliphatic rings. The Hall–Kier alpha value is -1.43. The second-order valence-corrected chi connectivity index (χ2v) is 7.46. The highest BCUT2D eigenvalue weighted by molar-refractivity contribution is 7.63. The zero-order valence-corrected chi connectivity index (χ0v) is 13.6. The number of aromatic nitrogens is 1. The monoisotopic (exact) mass is 315 g/mol. The third kappa shape index (κ3) is 4.52. The molecule has 0 amide bonds. The van der Waals surface area contributed by atoms with Gasteiger partial charge in [0.15, 0.2) is 0 Å². The molecule has 0 aliphatic carbocycles. The summed E-state index contributed by atoms with van der Waals surface area (Å²) in [5.74, 6) is -1.33. The maximum atomic E-state index is 13.0. The van der Waals surface area contributed by atoms with E-state index in [1.54, 1.807) is 38.4 Å². The van der Waals surface area contributed by atoms with Crippen LogP contribution in [0.15, 0.2) is 24.5 Å². The van der Waals surface area contributed by atoms with Gasteiger partial charge >= 0.3 is 5.97 Å². The van der Waals surface area contributed by atoms with Crippen molar-refractivity contribution in [2.45, 2.75) is 26.3 Å². The lowest BCUT2D eigenvalue weighted by Crippen LogP contribution is -2.53. The van der Waals surface area contributed by atoms with E-state index in [1.165, 1.54) is 14.0 Å². The zero-order chi connectivity index (χ0) is 16.1. The molecule has 1 aromatic rings. The number of hydrogen-bond donors (Lipinski definition) is 3. The lowest BCUT2D eigenvalue weighted by molar-refractivity contribution is -0.145. The van der Waals surface area contributed by atoms with Gasteiger partial charge in [0.2, 0.25) is 0 Å². The lowest BCUT2D eigenvalue weighted by Gasteiger charge is -2.34. The van der Waals surface area contributed by atoms with Crippen molar-refractivity contribution in [2.75, 3.05) is 18.5 Å². The molecule has 0 fully saturated rings. The molecule has 0 aliphatic heterocycles. The first-order valence-corrected chi connectivity index (χ1v) is 8.42. The van der Waals surface area contributed by atoms with Gasteiger partial charge < -0.3 is 14.9 Å². The van der Waals surface area contributed by atoms with Crippen LogP contribution in [0.3, 0.4) is 0 Å². The number of rotatable bonds is 8. The van der Waals surface area contributed by atoms with Gasteiger partial charge in [0.05, 0.1) is 0 Å². The van der Waals surface area contributed by atoms with Gasteiger partial charge in [-0.1, -0.05) is 13.8 Å². The summed E-state index contributed by atoms with van der Waals surface area (Å²) in [5, 5.41) is 15.0. The maximum Gasteiger partial charge on any atom is 0.324 e. The summed E-state index contributed by atoms with van der Waals surface area (Å²) >= 11 is 0. The molecule has 0 saturated carbocycles. The molecule has 0 aromatic carbocycles. The smallest absolute Gasteiger partial charge is 0.324 e. The van der Waals surface area contributed by atoms with Crippen LogP contribution in [-0.2, 0) is 14.1 Å². The highest BCUT2D eigenvalue weighted by atomic mass is 31.2. The van der Waals surface area contributed by atoms with Crippen molar-refractivity contribution in [1.29, 1.82) is 0 Å². The van der Waals surface area contributed by atoms with Crippen molar-refractivity contribution in [3.63, 3.8) is 0 Å². The van der Waals surface area contributed by atoms with Crippen molar-refractivity contribution < 1.29 is 19.2 Å². The van der Waals surface area contributed by atoms with E-state index in [9.17, 15) is 14.5 Å². The molecule has 2 atom stereocenters. The number of anilines is 1. The van der Waals surface area contributed by atoms with Crippen molar-refractivity contribution in [2.24, 2.45) is 5.92 Å². The van der Waals surface area contributed by atoms with Crippen LogP contribution in [-0.4, -0.2) is 35.1 Å². The number of nitrogens with zero attached hydrogens (tertiary/aromatic N) is 1. The van der Waals surface area contributed by atoms with Crippen molar-refractivity contribution in [3.05, 3.63) is 24.5 Å². The van der Waals surface area contributed by atoms with Crippen LogP contribution in [0.25, 0.3) is 0 Å². The highest BCUT2D eigenvalue weighted by Crippen LogP contribution is 2.44. The molecule has 0 radical (unpaired) electrons. The van der Waals surface area contributed by atoms with E-state index in [0.29, 0.717) is 5.69 Å². The number of aliphatic carboxylic acids is 1. The number of hydrogen-bond acceptors (Lipinski definition) is 4. The molecular formula is C13H22N3O4P. The average molecular weight is 315 g/mol. The van der Waals surface area contributed by atoms with Gasteiger partial charge in [0, 0.05) is 25.2 Å². The summed E-state index contributed by atoms with van der Waals surface area (Å²) in [6.07, 6.45) is 2.97. The second-order valence-electron chi connectivity index (χ2n) is 5.28. The number of carboxylic acids is 1. The first kappa shape index (κ1) is 17.6. The molecule has 7 nitrogen and oxygen atoms in total. The Bertz CT molecular complexity index is 523. The first-order valence-electron chi connectivity index (χ1n) is 6.52. The number of ether oxygens (including phenoxy) is 1. The molecule has 1 heterocycles. The lowest BCUT2D eigenvalue weighted by atomic mass is 9.90. The van der Waals surface area contributed by atoms with Crippen LogP contribution in [0.2, 0.25) is 0 Å². The largest absolute Gasteiger partial charge is 0.480 e. The van der Waals surface area contributed by atoms with Gasteiger partial charge in [-0.2, -0.15) is 0 Å². The van der Waals surface area contributed by atoms with Gasteiger partial charge in [0.25, 0.3) is 7.44 Å². The molecule has 1 rings (SSSR count). The van der Waals surface area contributed by atoms with E-state index in [0.717, 1.165) is 0 Å². The Kier molecular flexibility index (Phi) is 5.89. The third-order valence-electron chi connectivity index (χ3n) is 3.31. The zero-order valence-electron chi connectivity index (χ0n) is 12.7. The van der Waals surface area contributed by atoms with E-state index in [1.807, 2.05) is 0 Å².